The summed E-state index contributed by atoms with van der Waals surface area (Å²) in [5.74, 6) is 0.891. The summed E-state index contributed by atoms with van der Waals surface area (Å²) in [6, 6.07) is 15.5. The average molecular weight is 393 g/mol. The molecule has 0 aromatic heterocycles. The molecule has 0 aliphatic carbocycles. The molecule has 0 radical (unpaired) electrons. The molecule has 4 rings (SSSR count). The predicted octanol–water partition coefficient (Wildman–Crippen LogP) is 3.12. The average Bonchev–Trinajstić information content (AvgIpc) is 3.16. The fourth-order valence-electron chi connectivity index (χ4n) is 4.03. The van der Waals surface area contributed by atoms with Gasteiger partial charge in [0.25, 0.3) is 0 Å². The van der Waals surface area contributed by atoms with Gasteiger partial charge in [0.15, 0.2) is 0 Å². The number of carbonyl (C=O) groups is 2. The molecule has 6 nitrogen and oxygen atoms in total. The van der Waals surface area contributed by atoms with Gasteiger partial charge < -0.3 is 20.3 Å². The number of nitrogens with zero attached hydrogens (tertiary/aromatic N) is 1. The van der Waals surface area contributed by atoms with Crippen LogP contribution in [0.3, 0.4) is 0 Å². The molecule has 0 bridgehead atoms. The van der Waals surface area contributed by atoms with Crippen LogP contribution in [-0.4, -0.2) is 37.0 Å². The van der Waals surface area contributed by atoms with Crippen LogP contribution in [0.1, 0.15) is 31.7 Å². The number of hydrogen-bond donors (Lipinski definition) is 2. The van der Waals surface area contributed by atoms with Gasteiger partial charge in [0.2, 0.25) is 11.8 Å². The molecule has 0 saturated carbocycles. The monoisotopic (exact) mass is 393 g/mol. The summed E-state index contributed by atoms with van der Waals surface area (Å²) < 4.78 is 5.59. The molecule has 2 heterocycles. The Bertz CT molecular complexity index is 881. The Balaban J connectivity index is 1.29. The van der Waals surface area contributed by atoms with Gasteiger partial charge in [0.1, 0.15) is 11.8 Å². The number of aryl methyl sites for hydroxylation is 1. The van der Waals surface area contributed by atoms with E-state index in [-0.39, 0.29) is 23.9 Å². The maximum absolute atomic E-state index is 12.5. The molecular weight excluding hydrogens is 366 g/mol. The van der Waals surface area contributed by atoms with Crippen LogP contribution in [0.4, 0.5) is 11.4 Å². The molecule has 2 aromatic rings. The van der Waals surface area contributed by atoms with Gasteiger partial charge in [-0.2, -0.15) is 0 Å². The van der Waals surface area contributed by atoms with Gasteiger partial charge in [-0.1, -0.05) is 31.2 Å². The molecule has 2 aliphatic heterocycles. The van der Waals surface area contributed by atoms with Gasteiger partial charge in [-0.15, -0.1) is 0 Å². The maximum atomic E-state index is 12.5. The van der Waals surface area contributed by atoms with Crippen LogP contribution < -0.4 is 20.3 Å². The van der Waals surface area contributed by atoms with Crippen LogP contribution in [0.15, 0.2) is 48.5 Å². The van der Waals surface area contributed by atoms with E-state index in [1.165, 1.54) is 0 Å². The van der Waals surface area contributed by atoms with Crippen molar-refractivity contribution in [2.75, 3.05) is 23.4 Å². The number of carbonyl (C=O) groups excluding carboxylic acids is 2. The van der Waals surface area contributed by atoms with Crippen LogP contribution in [0.2, 0.25) is 0 Å². The Hall–Kier alpha value is -3.02. The van der Waals surface area contributed by atoms with E-state index in [1.807, 2.05) is 48.5 Å². The van der Waals surface area contributed by atoms with Crippen molar-refractivity contribution in [2.24, 2.45) is 0 Å². The van der Waals surface area contributed by atoms with E-state index in [9.17, 15) is 9.59 Å². The predicted molar refractivity (Wildman–Crippen MR) is 113 cm³/mol. The largest absolute Gasteiger partial charge is 0.494 e. The molecule has 0 spiro atoms. The summed E-state index contributed by atoms with van der Waals surface area (Å²) in [4.78, 5) is 27.0. The fraction of sp³-hybridized carbons (Fsp3) is 0.391. The number of amides is 2. The van der Waals surface area contributed by atoms with Gasteiger partial charge in [0, 0.05) is 19.0 Å². The van der Waals surface area contributed by atoms with E-state index in [0.717, 1.165) is 29.1 Å². The molecule has 6 heteroatoms. The zero-order chi connectivity index (χ0) is 20.2. The van der Waals surface area contributed by atoms with Crippen molar-refractivity contribution in [3.63, 3.8) is 0 Å². The van der Waals surface area contributed by atoms with Crippen molar-refractivity contribution in [1.29, 1.82) is 0 Å². The Morgan fingerprint density at radius 1 is 1.21 bits per heavy atom. The summed E-state index contributed by atoms with van der Waals surface area (Å²) in [5, 5.41) is 6.08. The lowest BCUT2D eigenvalue weighted by molar-refractivity contribution is -0.122. The first-order chi connectivity index (χ1) is 14.1. The molecule has 1 saturated heterocycles. The van der Waals surface area contributed by atoms with Crippen LogP contribution in [0, 0.1) is 0 Å². The molecule has 1 fully saturated rings. The van der Waals surface area contributed by atoms with E-state index in [0.29, 0.717) is 32.4 Å². The zero-order valence-corrected chi connectivity index (χ0v) is 16.7. The van der Waals surface area contributed by atoms with Crippen molar-refractivity contribution in [3.8, 4) is 5.75 Å². The van der Waals surface area contributed by atoms with Gasteiger partial charge in [-0.25, -0.2) is 0 Å². The summed E-state index contributed by atoms with van der Waals surface area (Å²) in [6.07, 6.45) is 2.73. The summed E-state index contributed by atoms with van der Waals surface area (Å²) in [6.45, 7) is 3.45. The number of para-hydroxylation sites is 2. The quantitative estimate of drug-likeness (QED) is 0.758. The van der Waals surface area contributed by atoms with Crippen molar-refractivity contribution in [3.05, 3.63) is 54.1 Å². The van der Waals surface area contributed by atoms with E-state index < -0.39 is 0 Å². The van der Waals surface area contributed by atoms with E-state index in [1.54, 1.807) is 0 Å². The third-order valence-corrected chi connectivity index (χ3v) is 5.48. The maximum Gasteiger partial charge on any atom is 0.247 e. The third kappa shape index (κ3) is 4.36. The number of ether oxygens (including phenoxy) is 1. The molecule has 2 aromatic carbocycles. The first-order valence-corrected chi connectivity index (χ1v) is 10.3. The van der Waals surface area contributed by atoms with Crippen LogP contribution >= 0.6 is 0 Å². The highest BCUT2D eigenvalue weighted by Crippen LogP contribution is 2.36. The summed E-state index contributed by atoms with van der Waals surface area (Å²) in [7, 11) is 0. The Morgan fingerprint density at radius 2 is 2.00 bits per heavy atom. The highest BCUT2D eigenvalue weighted by atomic mass is 16.5. The number of nitrogens with one attached hydrogen (secondary N) is 2. The van der Waals surface area contributed by atoms with Gasteiger partial charge in [-0.3, -0.25) is 9.59 Å². The standard InChI is InChI=1S/C23H27N3O3/c1-2-13-29-18-10-7-16(8-11-18)9-12-22(27)24-17-14-21-23(28)25-19-5-3-4-6-20(19)26(21)15-17/h3-8,10-11,17,21H,2,9,12-15H2,1H3,(H,24,27)(H,25,28). The highest BCUT2D eigenvalue weighted by molar-refractivity contribution is 6.04. The van der Waals surface area contributed by atoms with Gasteiger partial charge in [-0.05, 0) is 49.1 Å². The second-order valence-corrected chi connectivity index (χ2v) is 7.67. The van der Waals surface area contributed by atoms with Gasteiger partial charge in [0.05, 0.1) is 18.0 Å². The minimum absolute atomic E-state index is 0.00540. The minimum Gasteiger partial charge on any atom is -0.494 e. The lowest BCUT2D eigenvalue weighted by Crippen LogP contribution is -2.44. The number of anilines is 2. The molecular formula is C23H27N3O3. The fourth-order valence-corrected chi connectivity index (χ4v) is 4.03. The highest BCUT2D eigenvalue weighted by Gasteiger charge is 2.41. The number of hydrogen-bond acceptors (Lipinski definition) is 4. The number of fused-ring (bicyclic) bond motifs is 3. The molecule has 2 amide bonds. The smallest absolute Gasteiger partial charge is 0.247 e. The summed E-state index contributed by atoms with van der Waals surface area (Å²) >= 11 is 0. The summed E-state index contributed by atoms with van der Waals surface area (Å²) in [5.41, 5.74) is 2.98. The van der Waals surface area contributed by atoms with Gasteiger partial charge >= 0.3 is 0 Å². The van der Waals surface area contributed by atoms with Crippen LogP contribution in [-0.2, 0) is 16.0 Å². The topological polar surface area (TPSA) is 70.7 Å². The number of benzene rings is 2. The first-order valence-electron chi connectivity index (χ1n) is 10.3. The SMILES string of the molecule is CCCOc1ccc(CCC(=O)NC2CC3C(=O)Nc4ccccc4N3C2)cc1. The molecule has 29 heavy (non-hydrogen) atoms. The van der Waals surface area contributed by atoms with Crippen LogP contribution in [0.5, 0.6) is 5.75 Å². The molecule has 2 atom stereocenters. The van der Waals surface area contributed by atoms with Crippen molar-refractivity contribution >= 4 is 23.2 Å². The molecule has 2 aliphatic rings. The first kappa shape index (κ1) is 19.3. The van der Waals surface area contributed by atoms with E-state index >= 15 is 0 Å². The lowest BCUT2D eigenvalue weighted by Gasteiger charge is -2.32. The Morgan fingerprint density at radius 3 is 2.79 bits per heavy atom. The minimum atomic E-state index is -0.217. The van der Waals surface area contributed by atoms with Crippen LogP contribution in [0.25, 0.3) is 0 Å². The second kappa shape index (κ2) is 8.55. The molecule has 2 N–H and O–H groups in total. The second-order valence-electron chi connectivity index (χ2n) is 7.67. The lowest BCUT2D eigenvalue weighted by atomic mass is 10.1. The Kier molecular flexibility index (Phi) is 5.69. The van der Waals surface area contributed by atoms with Crippen molar-refractivity contribution in [2.45, 2.75) is 44.7 Å². The number of rotatable bonds is 7. The van der Waals surface area contributed by atoms with E-state index in [2.05, 4.69) is 22.5 Å². The van der Waals surface area contributed by atoms with Crippen molar-refractivity contribution in [1.82, 2.24) is 5.32 Å². The zero-order valence-electron chi connectivity index (χ0n) is 16.7. The normalized spacial score (nSPS) is 19.9. The Labute approximate surface area is 171 Å². The molecule has 152 valence electrons. The third-order valence-electron chi connectivity index (χ3n) is 5.48. The van der Waals surface area contributed by atoms with E-state index in [4.69, 9.17) is 4.74 Å². The van der Waals surface area contributed by atoms with Crippen molar-refractivity contribution < 1.29 is 14.3 Å². The molecule has 2 unspecified atom stereocenters.